The van der Waals surface area contributed by atoms with E-state index < -0.39 is 28.8 Å². The third-order valence-corrected chi connectivity index (χ3v) is 6.24. The number of rotatable bonds is 13. The molecule has 0 aliphatic carbocycles. The second kappa shape index (κ2) is 14.0. The lowest BCUT2D eigenvalue weighted by atomic mass is 9.89. The molecular weight excluding hydrogens is 514 g/mol. The van der Waals surface area contributed by atoms with Crippen molar-refractivity contribution in [1.82, 2.24) is 10.2 Å². The molecule has 0 aromatic heterocycles. The van der Waals surface area contributed by atoms with Gasteiger partial charge in [-0.2, -0.15) is 0 Å². The fourth-order valence-corrected chi connectivity index (χ4v) is 4.33. The third kappa shape index (κ3) is 8.12. The van der Waals surface area contributed by atoms with Gasteiger partial charge in [-0.15, -0.1) is 0 Å². The van der Waals surface area contributed by atoms with Crippen LogP contribution < -0.4 is 22.5 Å². The zero-order valence-corrected chi connectivity index (χ0v) is 21.7. The lowest BCUT2D eigenvalue weighted by molar-refractivity contribution is -0.485. The molecule has 0 saturated carbocycles. The van der Waals surface area contributed by atoms with E-state index in [-0.39, 0.29) is 31.4 Å². The van der Waals surface area contributed by atoms with Crippen molar-refractivity contribution in [2.24, 2.45) is 22.3 Å². The molecule has 3 aromatic carbocycles. The van der Waals surface area contributed by atoms with Gasteiger partial charge in [0.2, 0.25) is 17.7 Å². The first kappa shape index (κ1) is 29.3. The van der Waals surface area contributed by atoms with Crippen molar-refractivity contribution in [1.29, 1.82) is 0 Å². The van der Waals surface area contributed by atoms with Crippen molar-refractivity contribution in [2.75, 3.05) is 6.54 Å². The number of amides is 3. The highest BCUT2D eigenvalue weighted by Crippen LogP contribution is 2.29. The zero-order valence-electron chi connectivity index (χ0n) is 21.7. The highest BCUT2D eigenvalue weighted by molar-refractivity contribution is 5.93. The average Bonchev–Trinajstić information content (AvgIpc) is 2.93. The number of nitrogens with zero attached hydrogens (tertiary/aromatic N) is 3. The monoisotopic (exact) mass is 545 g/mol. The van der Waals surface area contributed by atoms with Crippen LogP contribution in [-0.2, 0) is 16.1 Å². The van der Waals surface area contributed by atoms with Gasteiger partial charge in [-0.3, -0.25) is 14.4 Å². The molecule has 40 heavy (non-hydrogen) atoms. The Balaban J connectivity index is 1.97. The van der Waals surface area contributed by atoms with Gasteiger partial charge in [0.25, 0.3) is 5.96 Å². The molecule has 3 rings (SSSR count). The van der Waals surface area contributed by atoms with Crippen LogP contribution in [0, 0.1) is 10.1 Å². The molecule has 3 amide bonds. The number of benzene rings is 3. The van der Waals surface area contributed by atoms with Crippen molar-refractivity contribution in [3.05, 3.63) is 117 Å². The maximum atomic E-state index is 14.3. The normalized spacial score (nSPS) is 12.0. The van der Waals surface area contributed by atoms with Crippen LogP contribution in [0.1, 0.15) is 45.8 Å². The van der Waals surface area contributed by atoms with Gasteiger partial charge in [-0.25, -0.2) is 10.1 Å². The maximum Gasteiger partial charge on any atom is 0.266 e. The summed E-state index contributed by atoms with van der Waals surface area (Å²) in [5, 5.41) is 15.2. The Bertz CT molecular complexity index is 1310. The molecule has 3 aromatic rings. The fraction of sp³-hybridized carbons (Fsp3) is 0.214. The molecule has 12 nitrogen and oxygen atoms in total. The van der Waals surface area contributed by atoms with Crippen LogP contribution in [-0.4, -0.2) is 46.2 Å². The zero-order chi connectivity index (χ0) is 29.1. The van der Waals surface area contributed by atoms with Gasteiger partial charge < -0.3 is 27.4 Å². The molecule has 0 aliphatic heterocycles. The van der Waals surface area contributed by atoms with E-state index in [9.17, 15) is 24.5 Å². The molecule has 208 valence electrons. The van der Waals surface area contributed by atoms with Gasteiger partial charge >= 0.3 is 0 Å². The number of hydrogen-bond donors (Lipinski definition) is 4. The van der Waals surface area contributed by atoms with Crippen molar-refractivity contribution < 1.29 is 19.4 Å². The van der Waals surface area contributed by atoms with Crippen LogP contribution in [0.4, 0.5) is 0 Å². The Hall–Kier alpha value is -5.26. The lowest BCUT2D eigenvalue weighted by Gasteiger charge is -2.33. The van der Waals surface area contributed by atoms with Crippen LogP contribution in [0.3, 0.4) is 0 Å². The SMILES string of the molecule is NC(=O)c1ccc(CN(C(=O)C(c2ccccc2)c2ccccc2)[C@@H](CCCNC(N)=N[N+](=O)[O-])C(N)=O)cc1. The van der Waals surface area contributed by atoms with Crippen molar-refractivity contribution >= 4 is 23.7 Å². The molecule has 0 fully saturated rings. The van der Waals surface area contributed by atoms with E-state index in [1.165, 1.54) is 4.90 Å². The highest BCUT2D eigenvalue weighted by atomic mass is 16.7. The van der Waals surface area contributed by atoms with E-state index in [1.807, 2.05) is 60.7 Å². The Morgan fingerprint density at radius 1 is 0.875 bits per heavy atom. The topological polar surface area (TPSA) is 200 Å². The minimum atomic E-state index is -1.02. The number of carbonyl (C=O) groups excluding carboxylic acids is 3. The molecule has 0 aliphatic rings. The van der Waals surface area contributed by atoms with Gasteiger partial charge in [-0.05, 0) is 41.7 Å². The number of carbonyl (C=O) groups is 3. The van der Waals surface area contributed by atoms with Crippen molar-refractivity contribution in [3.63, 3.8) is 0 Å². The summed E-state index contributed by atoms with van der Waals surface area (Å²) in [5.74, 6) is -2.75. The Morgan fingerprint density at radius 2 is 1.43 bits per heavy atom. The molecule has 0 spiro atoms. The first-order valence-electron chi connectivity index (χ1n) is 12.5. The molecular formula is C28H31N7O5. The number of hydrogen-bond acceptors (Lipinski definition) is 5. The quantitative estimate of drug-likeness (QED) is 0.0822. The molecule has 1 atom stereocenters. The Morgan fingerprint density at radius 3 is 1.90 bits per heavy atom. The van der Waals surface area contributed by atoms with E-state index in [0.717, 1.165) is 11.1 Å². The lowest BCUT2D eigenvalue weighted by Crippen LogP contribution is -2.49. The largest absolute Gasteiger partial charge is 0.368 e. The van der Waals surface area contributed by atoms with Gasteiger partial charge in [-0.1, -0.05) is 72.8 Å². The molecule has 12 heteroatoms. The number of guanidine groups is 1. The minimum Gasteiger partial charge on any atom is -0.368 e. The van der Waals surface area contributed by atoms with Gasteiger partial charge in [0.15, 0.2) is 5.03 Å². The van der Waals surface area contributed by atoms with E-state index in [2.05, 4.69) is 10.4 Å². The summed E-state index contributed by atoms with van der Waals surface area (Å²) >= 11 is 0. The summed E-state index contributed by atoms with van der Waals surface area (Å²) in [6.07, 6.45) is 0.447. The number of hydrazone groups is 1. The smallest absolute Gasteiger partial charge is 0.266 e. The maximum absolute atomic E-state index is 14.3. The molecule has 0 bridgehead atoms. The second-order valence-electron chi connectivity index (χ2n) is 8.99. The van der Waals surface area contributed by atoms with Crippen LogP contribution >= 0.6 is 0 Å². The van der Waals surface area contributed by atoms with Gasteiger partial charge in [0.1, 0.15) is 11.1 Å². The van der Waals surface area contributed by atoms with E-state index in [4.69, 9.17) is 17.2 Å². The summed E-state index contributed by atoms with van der Waals surface area (Å²) in [6.45, 7) is 0.184. The fourth-order valence-electron chi connectivity index (χ4n) is 4.33. The van der Waals surface area contributed by atoms with Crippen molar-refractivity contribution in [2.45, 2.75) is 31.3 Å². The van der Waals surface area contributed by atoms with Gasteiger partial charge in [0.05, 0.1) is 5.92 Å². The highest BCUT2D eigenvalue weighted by Gasteiger charge is 2.34. The Kier molecular flexibility index (Phi) is 10.3. The average molecular weight is 546 g/mol. The predicted molar refractivity (Wildman–Crippen MR) is 149 cm³/mol. The standard InChI is InChI=1S/C28H31N7O5/c29-25(36)22-15-13-19(14-16-22)18-34(23(26(30)37)12-7-17-32-28(31)33-35(39)40)27(38)24(20-8-3-1-4-9-20)21-10-5-2-6-11-21/h1-6,8-11,13-16,23-24H,7,12,17-18H2,(H2,29,36)(H2,30,37)(H3,31,32,33)/t23-/m0/s1. The van der Waals surface area contributed by atoms with Crippen molar-refractivity contribution in [3.8, 4) is 0 Å². The summed E-state index contributed by atoms with van der Waals surface area (Å²) < 4.78 is 0. The van der Waals surface area contributed by atoms with E-state index in [1.54, 1.807) is 24.3 Å². The molecule has 0 unspecified atom stereocenters. The number of nitrogens with one attached hydrogen (secondary N) is 1. The Labute approximate surface area is 231 Å². The predicted octanol–water partition coefficient (Wildman–Crippen LogP) is 1.68. The molecule has 0 heterocycles. The van der Waals surface area contributed by atoms with Crippen LogP contribution in [0.2, 0.25) is 0 Å². The third-order valence-electron chi connectivity index (χ3n) is 6.24. The first-order chi connectivity index (χ1) is 19.2. The van der Waals surface area contributed by atoms with E-state index in [0.29, 0.717) is 17.5 Å². The summed E-state index contributed by atoms with van der Waals surface area (Å²) in [6, 6.07) is 23.8. The van der Waals surface area contributed by atoms with E-state index >= 15 is 0 Å². The van der Waals surface area contributed by atoms with Gasteiger partial charge in [0, 0.05) is 18.7 Å². The molecule has 0 radical (unpaired) electrons. The summed E-state index contributed by atoms with van der Waals surface area (Å²) in [5.41, 5.74) is 19.1. The summed E-state index contributed by atoms with van der Waals surface area (Å²) in [4.78, 5) is 50.6. The number of nitro groups is 1. The minimum absolute atomic E-state index is 0.0278. The second-order valence-corrected chi connectivity index (χ2v) is 8.99. The van der Waals surface area contributed by atoms with Crippen LogP contribution in [0.25, 0.3) is 0 Å². The number of nitrogens with two attached hydrogens (primary N) is 3. The first-order valence-corrected chi connectivity index (χ1v) is 12.5. The molecule has 0 saturated heterocycles. The molecule has 7 N–H and O–H groups in total. The van der Waals surface area contributed by atoms with Crippen LogP contribution in [0.5, 0.6) is 0 Å². The number of primary amides is 2. The summed E-state index contributed by atoms with van der Waals surface area (Å²) in [7, 11) is 0. The van der Waals surface area contributed by atoms with Crippen LogP contribution in [0.15, 0.2) is 90.0 Å².